The lowest BCUT2D eigenvalue weighted by molar-refractivity contribution is -0.658. The third kappa shape index (κ3) is 4.01. The number of carbonyl (C=O) groups is 1. The Balaban J connectivity index is 0.00000259. The number of aromatic nitrogens is 1. The molecule has 1 aliphatic heterocycles. The van der Waals surface area contributed by atoms with Crippen LogP contribution in [0.15, 0.2) is 107 Å². The summed E-state index contributed by atoms with van der Waals surface area (Å²) >= 11 is 3.18. The van der Waals surface area contributed by atoms with Gasteiger partial charge in [-0.15, -0.1) is 6.58 Å². The molecule has 0 unspecified atom stereocenters. The van der Waals surface area contributed by atoms with Gasteiger partial charge in [0.15, 0.2) is 6.54 Å². The van der Waals surface area contributed by atoms with Crippen LogP contribution in [0.25, 0.3) is 16.3 Å². The van der Waals surface area contributed by atoms with E-state index in [9.17, 15) is 9.90 Å². The van der Waals surface area contributed by atoms with Crippen molar-refractivity contribution < 1.29 is 31.4 Å². The number of ketones is 1. The van der Waals surface area contributed by atoms with Gasteiger partial charge in [0.05, 0.1) is 21.9 Å². The molecule has 0 atom stereocenters. The summed E-state index contributed by atoms with van der Waals surface area (Å²) in [5.74, 6) is -0.104. The number of rotatable bonds is 6. The van der Waals surface area contributed by atoms with Gasteiger partial charge < -0.3 is 27.0 Å². The monoisotopic (exact) mass is 536 g/mol. The van der Waals surface area contributed by atoms with E-state index in [0.717, 1.165) is 30.8 Å². The Bertz CT molecular complexity index is 1380. The standard InChI is InChI=1S/C26H20N2O2S2.BrH/c1-3-13-27-19-9-5-7-11-21(19)31-23(27)15-17-25(29)18(26(17)30)16-24-28(14-4-2)20-10-6-8-12-22(20)32-24;/h3-12,15-16H,1-2,13-14H2;1H. The molecule has 0 saturated heterocycles. The van der Waals surface area contributed by atoms with E-state index in [4.69, 9.17) is 0 Å². The van der Waals surface area contributed by atoms with E-state index < -0.39 is 0 Å². The first-order chi connectivity index (χ1) is 15.6. The van der Waals surface area contributed by atoms with Crippen LogP contribution in [0.1, 0.15) is 5.01 Å². The van der Waals surface area contributed by atoms with Gasteiger partial charge in [0, 0.05) is 23.6 Å². The van der Waals surface area contributed by atoms with Crippen molar-refractivity contribution in [1.82, 2.24) is 0 Å². The average molecular weight is 538 g/mol. The lowest BCUT2D eigenvalue weighted by Gasteiger charge is -2.22. The lowest BCUT2D eigenvalue weighted by Crippen LogP contribution is -3.00. The molecule has 0 fully saturated rings. The highest BCUT2D eigenvalue weighted by molar-refractivity contribution is 8.03. The normalized spacial score (nSPS) is 17.3. The molecular formula is C26H21BrN2O2S2. The molecule has 3 aromatic rings. The zero-order chi connectivity index (χ0) is 22.2. The van der Waals surface area contributed by atoms with Crippen molar-refractivity contribution in [2.24, 2.45) is 0 Å². The van der Waals surface area contributed by atoms with Gasteiger partial charge in [0.2, 0.25) is 11.3 Å². The molecule has 0 bridgehead atoms. The molecule has 33 heavy (non-hydrogen) atoms. The van der Waals surface area contributed by atoms with Crippen LogP contribution in [0.3, 0.4) is 0 Å². The molecule has 1 aromatic heterocycles. The summed E-state index contributed by atoms with van der Waals surface area (Å²) < 4.78 is 3.23. The van der Waals surface area contributed by atoms with E-state index in [1.165, 1.54) is 0 Å². The first kappa shape index (κ1) is 23.3. The summed E-state index contributed by atoms with van der Waals surface area (Å²) in [6, 6.07) is 16.2. The van der Waals surface area contributed by atoms with Crippen molar-refractivity contribution in [3.8, 4) is 0 Å². The molecular weight excluding hydrogens is 516 g/mol. The number of carbonyl (C=O) groups excluding carboxylic acids is 1. The number of aliphatic hydroxyl groups is 1. The van der Waals surface area contributed by atoms with Crippen molar-refractivity contribution in [2.45, 2.75) is 11.4 Å². The van der Waals surface area contributed by atoms with Crippen LogP contribution in [0.2, 0.25) is 0 Å². The van der Waals surface area contributed by atoms with Crippen molar-refractivity contribution in [2.75, 3.05) is 11.4 Å². The molecule has 0 radical (unpaired) electrons. The number of thioether (sulfide) groups is 1. The molecule has 2 aliphatic rings. The van der Waals surface area contributed by atoms with E-state index in [0.29, 0.717) is 24.2 Å². The summed E-state index contributed by atoms with van der Waals surface area (Å²) in [6.45, 7) is 8.96. The number of halogens is 1. The van der Waals surface area contributed by atoms with Gasteiger partial charge in [-0.2, -0.15) is 4.57 Å². The number of Topliss-reactive ketones (excluding diaryl/α,β-unsaturated/α-hetero) is 1. The second-order valence-corrected chi connectivity index (χ2v) is 9.53. The molecule has 0 saturated carbocycles. The highest BCUT2D eigenvalue weighted by Crippen LogP contribution is 2.47. The second-order valence-electron chi connectivity index (χ2n) is 7.41. The largest absolute Gasteiger partial charge is 1.00 e. The summed E-state index contributed by atoms with van der Waals surface area (Å²) in [5.41, 5.74) is 2.86. The molecule has 1 aliphatic carbocycles. The number of nitrogens with zero attached hydrogens (tertiary/aromatic N) is 2. The first-order valence-electron chi connectivity index (χ1n) is 10.2. The minimum Gasteiger partial charge on any atom is -1.00 e. The lowest BCUT2D eigenvalue weighted by atomic mass is 9.88. The zero-order valence-corrected chi connectivity index (χ0v) is 20.9. The average Bonchev–Trinajstić information content (AvgIpc) is 3.34. The topological polar surface area (TPSA) is 44.4 Å². The van der Waals surface area contributed by atoms with Crippen LogP contribution in [0.4, 0.5) is 5.69 Å². The minimum absolute atomic E-state index is 0. The van der Waals surface area contributed by atoms with Crippen molar-refractivity contribution in [3.05, 3.63) is 107 Å². The van der Waals surface area contributed by atoms with Gasteiger partial charge in [-0.05, 0) is 30.4 Å². The van der Waals surface area contributed by atoms with Crippen LogP contribution >= 0.6 is 23.1 Å². The van der Waals surface area contributed by atoms with E-state index in [1.807, 2.05) is 36.4 Å². The molecule has 0 spiro atoms. The predicted octanol–water partition coefficient (Wildman–Crippen LogP) is 2.80. The van der Waals surface area contributed by atoms with Gasteiger partial charge in [-0.1, -0.05) is 60.0 Å². The maximum absolute atomic E-state index is 13.0. The summed E-state index contributed by atoms with van der Waals surface area (Å²) in [7, 11) is 0. The number of para-hydroxylation sites is 2. The summed E-state index contributed by atoms with van der Waals surface area (Å²) in [4.78, 5) is 16.2. The number of benzene rings is 2. The van der Waals surface area contributed by atoms with Gasteiger partial charge in [0.25, 0.3) is 5.01 Å². The predicted molar refractivity (Wildman–Crippen MR) is 133 cm³/mol. The van der Waals surface area contributed by atoms with Crippen molar-refractivity contribution >= 4 is 50.9 Å². The number of hydrogen-bond acceptors (Lipinski definition) is 5. The van der Waals surface area contributed by atoms with E-state index in [1.54, 1.807) is 35.3 Å². The van der Waals surface area contributed by atoms with Crippen LogP contribution in [-0.4, -0.2) is 17.4 Å². The summed E-state index contributed by atoms with van der Waals surface area (Å²) in [6.07, 6.45) is 7.23. The maximum Gasteiger partial charge on any atom is 0.263 e. The smallest absolute Gasteiger partial charge is 0.263 e. The van der Waals surface area contributed by atoms with Crippen LogP contribution in [0, 0.1) is 0 Å². The van der Waals surface area contributed by atoms with Gasteiger partial charge in [0.1, 0.15) is 10.5 Å². The highest BCUT2D eigenvalue weighted by atomic mass is 79.9. The number of allylic oxidation sites excluding steroid dienone is 4. The Morgan fingerprint density at radius 2 is 1.79 bits per heavy atom. The molecule has 2 aromatic carbocycles. The molecule has 4 nitrogen and oxygen atoms in total. The van der Waals surface area contributed by atoms with Crippen molar-refractivity contribution in [3.63, 3.8) is 0 Å². The quantitative estimate of drug-likeness (QED) is 0.299. The Labute approximate surface area is 211 Å². The molecule has 5 rings (SSSR count). The number of anilines is 1. The third-order valence-electron chi connectivity index (χ3n) is 5.43. The van der Waals surface area contributed by atoms with Crippen LogP contribution < -0.4 is 26.4 Å². The SMILES string of the molecule is C=CCN1/C(=C/C2=C(O)C(=C/c3sc4ccccc4[n+]3CC=C)/C2=O)Sc2ccccc21.[Br-]. The van der Waals surface area contributed by atoms with Gasteiger partial charge >= 0.3 is 0 Å². The van der Waals surface area contributed by atoms with Gasteiger partial charge in [-0.25, -0.2) is 0 Å². The Morgan fingerprint density at radius 3 is 2.55 bits per heavy atom. The van der Waals surface area contributed by atoms with E-state index in [-0.39, 0.29) is 28.5 Å². The van der Waals surface area contributed by atoms with E-state index >= 15 is 0 Å². The summed E-state index contributed by atoms with van der Waals surface area (Å²) in [5, 5.41) is 12.6. The Morgan fingerprint density at radius 1 is 1.03 bits per heavy atom. The highest BCUT2D eigenvalue weighted by Gasteiger charge is 2.36. The third-order valence-corrected chi connectivity index (χ3v) is 7.66. The number of hydrogen-bond donors (Lipinski definition) is 1. The Kier molecular flexibility index (Phi) is 6.74. The molecule has 2 heterocycles. The maximum atomic E-state index is 13.0. The minimum atomic E-state index is -0.146. The number of aliphatic hydroxyl groups excluding tert-OH is 1. The number of fused-ring (bicyclic) bond motifs is 2. The van der Waals surface area contributed by atoms with Crippen LogP contribution in [-0.2, 0) is 11.3 Å². The molecule has 166 valence electrons. The fraction of sp³-hybridized carbons (Fsp3) is 0.0769. The molecule has 1 N–H and O–H groups in total. The zero-order valence-electron chi connectivity index (χ0n) is 17.7. The second kappa shape index (κ2) is 9.55. The fourth-order valence-electron chi connectivity index (χ4n) is 3.91. The molecule has 7 heteroatoms. The van der Waals surface area contributed by atoms with Gasteiger partial charge in [-0.3, -0.25) is 4.79 Å². The van der Waals surface area contributed by atoms with Crippen LogP contribution in [0.5, 0.6) is 0 Å². The number of thiazole rings is 1. The Hall–Kier alpha value is -2.87. The molecule has 0 amide bonds. The van der Waals surface area contributed by atoms with Crippen molar-refractivity contribution in [1.29, 1.82) is 0 Å². The first-order valence-corrected chi connectivity index (χ1v) is 11.8. The fourth-order valence-corrected chi connectivity index (χ4v) is 6.14. The van der Waals surface area contributed by atoms with E-state index in [2.05, 4.69) is 46.9 Å².